The second kappa shape index (κ2) is 5.03. The fourth-order valence-electron chi connectivity index (χ4n) is 2.28. The molecule has 108 valence electrons. The van der Waals surface area contributed by atoms with Gasteiger partial charge in [0, 0.05) is 5.92 Å². The van der Waals surface area contributed by atoms with Crippen molar-refractivity contribution >= 4 is 17.1 Å². The molecule has 1 heterocycles. The molecule has 2 rings (SSSR count). The van der Waals surface area contributed by atoms with Crippen LogP contribution in [0.2, 0.25) is 0 Å². The minimum atomic E-state index is -0.782. The third-order valence-electron chi connectivity index (χ3n) is 3.38. The predicted molar refractivity (Wildman–Crippen MR) is 76.7 cm³/mol. The number of carbonyl (C=O) groups excluding carboxylic acids is 1. The molecule has 0 fully saturated rings. The number of amides is 1. The Morgan fingerprint density at radius 1 is 1.30 bits per heavy atom. The van der Waals surface area contributed by atoms with Crippen LogP contribution in [0.1, 0.15) is 32.3 Å². The molecule has 1 unspecified atom stereocenters. The number of H-pyrrole nitrogens is 2. The summed E-state index contributed by atoms with van der Waals surface area (Å²) in [5.74, 6) is -0.0159. The molecule has 6 heteroatoms. The Bertz CT molecular complexity index is 679. The number of hydrogen-bond donors (Lipinski definition) is 3. The molecule has 0 aliphatic rings. The number of carbonyl (C=O) groups is 1. The molecule has 0 saturated carbocycles. The molecule has 1 atom stereocenters. The third-order valence-corrected chi connectivity index (χ3v) is 3.38. The van der Waals surface area contributed by atoms with Crippen molar-refractivity contribution in [3.63, 3.8) is 0 Å². The number of hydrogen-bond acceptors (Lipinski definition) is 3. The van der Waals surface area contributed by atoms with E-state index in [0.29, 0.717) is 0 Å². The molecule has 4 N–H and O–H groups in total. The lowest BCUT2D eigenvalue weighted by atomic mass is 9.77. The summed E-state index contributed by atoms with van der Waals surface area (Å²) in [6.07, 6.45) is -0.782. The van der Waals surface area contributed by atoms with E-state index in [1.807, 2.05) is 18.2 Å². The zero-order valence-corrected chi connectivity index (χ0v) is 11.8. The van der Waals surface area contributed by atoms with Crippen molar-refractivity contribution in [3.8, 4) is 0 Å². The number of fused-ring (bicyclic) bond motifs is 1. The normalized spacial score (nSPS) is 13.3. The molecule has 20 heavy (non-hydrogen) atoms. The summed E-state index contributed by atoms with van der Waals surface area (Å²) in [4.78, 5) is 27.5. The first-order valence-corrected chi connectivity index (χ1v) is 6.41. The molecule has 0 bridgehead atoms. The topological polar surface area (TPSA) is 101 Å². The molecule has 1 amide bonds. The smallest absolute Gasteiger partial charge is 0.404 e. The highest BCUT2D eigenvalue weighted by Crippen LogP contribution is 2.36. The molecule has 2 aromatic rings. The maximum atomic E-state index is 11.3. The quantitative estimate of drug-likeness (QED) is 0.800. The monoisotopic (exact) mass is 277 g/mol. The maximum Gasteiger partial charge on any atom is 0.404 e. The third kappa shape index (κ3) is 3.01. The fourth-order valence-corrected chi connectivity index (χ4v) is 2.28. The SMILES string of the molecule is CC(C)(C)C(COC(N)=O)c1ccc2[nH]c(=O)[nH]c2c1. The van der Waals surface area contributed by atoms with Gasteiger partial charge in [-0.1, -0.05) is 26.8 Å². The van der Waals surface area contributed by atoms with Crippen molar-refractivity contribution in [3.05, 3.63) is 34.2 Å². The second-order valence-corrected chi connectivity index (χ2v) is 5.93. The summed E-state index contributed by atoms with van der Waals surface area (Å²) >= 11 is 0. The van der Waals surface area contributed by atoms with Crippen LogP contribution in [0.4, 0.5) is 4.79 Å². The summed E-state index contributed by atoms with van der Waals surface area (Å²) < 4.78 is 4.96. The van der Waals surface area contributed by atoms with Crippen LogP contribution in [0.5, 0.6) is 0 Å². The standard InChI is InChI=1S/C14H19N3O3/c1-14(2,3)9(7-20-12(15)18)8-4-5-10-11(6-8)17-13(19)16-10/h4-6,9H,7H2,1-3H3,(H2,15,18)(H2,16,17,19). The van der Waals surface area contributed by atoms with E-state index < -0.39 is 6.09 Å². The maximum absolute atomic E-state index is 11.3. The fraction of sp³-hybridized carbons (Fsp3) is 0.429. The van der Waals surface area contributed by atoms with Gasteiger partial charge < -0.3 is 20.4 Å². The second-order valence-electron chi connectivity index (χ2n) is 5.93. The number of primary amides is 1. The molecule has 0 radical (unpaired) electrons. The molecule has 6 nitrogen and oxygen atoms in total. The van der Waals surface area contributed by atoms with E-state index in [1.54, 1.807) is 0 Å². The van der Waals surface area contributed by atoms with Crippen LogP contribution in [0.25, 0.3) is 11.0 Å². The van der Waals surface area contributed by atoms with Gasteiger partial charge in [-0.25, -0.2) is 9.59 Å². The van der Waals surface area contributed by atoms with E-state index in [4.69, 9.17) is 10.5 Å². The molecule has 0 spiro atoms. The number of rotatable bonds is 3. The van der Waals surface area contributed by atoms with Crippen LogP contribution in [0, 0.1) is 5.41 Å². The van der Waals surface area contributed by atoms with Gasteiger partial charge in [-0.3, -0.25) is 0 Å². The zero-order valence-electron chi connectivity index (χ0n) is 11.8. The Hall–Kier alpha value is -2.24. The Morgan fingerprint density at radius 2 is 1.95 bits per heavy atom. The summed E-state index contributed by atoms with van der Waals surface area (Å²) in [5.41, 5.74) is 7.17. The number of aromatic amines is 2. The largest absolute Gasteiger partial charge is 0.449 e. The summed E-state index contributed by atoms with van der Waals surface area (Å²) in [6.45, 7) is 6.39. The van der Waals surface area contributed by atoms with Crippen molar-refractivity contribution in [2.45, 2.75) is 26.7 Å². The number of nitrogens with two attached hydrogens (primary N) is 1. The van der Waals surface area contributed by atoms with E-state index in [1.165, 1.54) is 0 Å². The molecule has 1 aromatic carbocycles. The lowest BCUT2D eigenvalue weighted by Gasteiger charge is -2.30. The number of benzene rings is 1. The van der Waals surface area contributed by atoms with Crippen LogP contribution in [-0.2, 0) is 4.74 Å². The van der Waals surface area contributed by atoms with E-state index >= 15 is 0 Å². The zero-order chi connectivity index (χ0) is 14.9. The highest BCUT2D eigenvalue weighted by atomic mass is 16.5. The van der Waals surface area contributed by atoms with Crippen molar-refractivity contribution in [1.82, 2.24) is 9.97 Å². The van der Waals surface area contributed by atoms with E-state index in [2.05, 4.69) is 30.7 Å². The summed E-state index contributed by atoms with van der Waals surface area (Å²) in [7, 11) is 0. The average Bonchev–Trinajstić information content (AvgIpc) is 2.66. The first-order chi connectivity index (χ1) is 9.27. The van der Waals surface area contributed by atoms with Crippen molar-refractivity contribution in [1.29, 1.82) is 0 Å². The molecular formula is C14H19N3O3. The van der Waals surface area contributed by atoms with Crippen LogP contribution < -0.4 is 11.4 Å². The Labute approximate surface area is 116 Å². The number of aromatic nitrogens is 2. The number of imidazole rings is 1. The van der Waals surface area contributed by atoms with Crippen molar-refractivity contribution in [2.24, 2.45) is 11.1 Å². The van der Waals surface area contributed by atoms with Crippen LogP contribution in [-0.4, -0.2) is 22.7 Å². The van der Waals surface area contributed by atoms with Gasteiger partial charge in [0.1, 0.15) is 6.61 Å². The van der Waals surface area contributed by atoms with Gasteiger partial charge in [-0.2, -0.15) is 0 Å². The van der Waals surface area contributed by atoms with Gasteiger partial charge in [0.05, 0.1) is 11.0 Å². The van der Waals surface area contributed by atoms with Gasteiger partial charge in [0.2, 0.25) is 0 Å². The molecule has 0 aliphatic carbocycles. The number of nitrogens with one attached hydrogen (secondary N) is 2. The summed E-state index contributed by atoms with van der Waals surface area (Å²) in [5, 5.41) is 0. The first-order valence-electron chi connectivity index (χ1n) is 6.41. The Kier molecular flexibility index (Phi) is 3.57. The average molecular weight is 277 g/mol. The van der Waals surface area contributed by atoms with Gasteiger partial charge in [-0.15, -0.1) is 0 Å². The Balaban J connectivity index is 2.39. The minimum absolute atomic E-state index is 0.0159. The molecule has 1 aromatic heterocycles. The number of ether oxygens (including phenoxy) is 1. The predicted octanol–water partition coefficient (Wildman–Crippen LogP) is 2.08. The van der Waals surface area contributed by atoms with Crippen LogP contribution >= 0.6 is 0 Å². The van der Waals surface area contributed by atoms with Crippen molar-refractivity contribution in [2.75, 3.05) is 6.61 Å². The highest BCUT2D eigenvalue weighted by Gasteiger charge is 2.27. The van der Waals surface area contributed by atoms with Gasteiger partial charge in [0.25, 0.3) is 0 Å². The lowest BCUT2D eigenvalue weighted by molar-refractivity contribution is 0.126. The summed E-state index contributed by atoms with van der Waals surface area (Å²) in [6, 6.07) is 5.66. The van der Waals surface area contributed by atoms with Crippen LogP contribution in [0.15, 0.2) is 23.0 Å². The van der Waals surface area contributed by atoms with E-state index in [-0.39, 0.29) is 23.6 Å². The van der Waals surface area contributed by atoms with E-state index in [9.17, 15) is 9.59 Å². The first kappa shape index (κ1) is 14.2. The van der Waals surface area contributed by atoms with Gasteiger partial charge in [0.15, 0.2) is 0 Å². The van der Waals surface area contributed by atoms with Crippen molar-refractivity contribution < 1.29 is 9.53 Å². The molecule has 0 saturated heterocycles. The molecular weight excluding hydrogens is 258 g/mol. The van der Waals surface area contributed by atoms with Gasteiger partial charge >= 0.3 is 11.8 Å². The lowest BCUT2D eigenvalue weighted by Crippen LogP contribution is -2.26. The highest BCUT2D eigenvalue weighted by molar-refractivity contribution is 5.75. The van der Waals surface area contributed by atoms with Crippen LogP contribution in [0.3, 0.4) is 0 Å². The minimum Gasteiger partial charge on any atom is -0.449 e. The van der Waals surface area contributed by atoms with E-state index in [0.717, 1.165) is 16.6 Å². The molecule has 0 aliphatic heterocycles. The Morgan fingerprint density at radius 3 is 2.55 bits per heavy atom. The van der Waals surface area contributed by atoms with Gasteiger partial charge in [-0.05, 0) is 23.1 Å².